The lowest BCUT2D eigenvalue weighted by atomic mass is 9.66. The van der Waals surface area contributed by atoms with E-state index in [1.807, 2.05) is 13.8 Å². The van der Waals surface area contributed by atoms with Crippen LogP contribution in [0.3, 0.4) is 0 Å². The fourth-order valence-corrected chi connectivity index (χ4v) is 5.25. The average Bonchev–Trinajstić information content (AvgIpc) is 2.73. The molecule has 0 saturated carbocycles. The van der Waals surface area contributed by atoms with Crippen LogP contribution in [0.1, 0.15) is 43.7 Å². The van der Waals surface area contributed by atoms with Gasteiger partial charge < -0.3 is 0 Å². The van der Waals surface area contributed by atoms with E-state index < -0.39 is 29.0 Å². The van der Waals surface area contributed by atoms with Gasteiger partial charge in [-0.1, -0.05) is 55.2 Å². The minimum absolute atomic E-state index is 0.0201. The maximum atomic E-state index is 13.5. The Hall–Kier alpha value is -2.82. The molecule has 2 aromatic carbocycles. The van der Waals surface area contributed by atoms with Gasteiger partial charge in [0.1, 0.15) is 11.8 Å². The van der Waals surface area contributed by atoms with Crippen molar-refractivity contribution in [1.29, 1.82) is 10.7 Å². The van der Waals surface area contributed by atoms with Crippen LogP contribution in [0, 0.1) is 28.1 Å². The Morgan fingerprint density at radius 3 is 2.41 bits per heavy atom. The highest BCUT2D eigenvalue weighted by Gasteiger charge is 2.49. The van der Waals surface area contributed by atoms with Gasteiger partial charge in [-0.2, -0.15) is 18.4 Å². The third-order valence-corrected chi connectivity index (χ3v) is 6.90. The van der Waals surface area contributed by atoms with Crippen molar-refractivity contribution in [1.82, 2.24) is 0 Å². The summed E-state index contributed by atoms with van der Waals surface area (Å²) in [7, 11) is 0. The number of alkyl halides is 3. The lowest BCUT2D eigenvalue weighted by Gasteiger charge is -2.46. The molecule has 0 fully saturated rings. The molecule has 34 heavy (non-hydrogen) atoms. The van der Waals surface area contributed by atoms with E-state index >= 15 is 0 Å². The molecule has 4 rings (SSSR count). The largest absolute Gasteiger partial charge is 0.416 e. The summed E-state index contributed by atoms with van der Waals surface area (Å²) in [5, 5.41) is 19.3. The SMILES string of the molecule is CC1(C)CC(=O)C2=C(C1)N(c1cc(C(F)(F)F)ccc1Cl)C(=N)C(C#N)C2c1ccccc1Cl. The van der Waals surface area contributed by atoms with Crippen molar-refractivity contribution in [2.45, 2.75) is 38.8 Å². The Morgan fingerprint density at radius 2 is 1.79 bits per heavy atom. The number of halogens is 5. The molecule has 2 aliphatic rings. The van der Waals surface area contributed by atoms with Gasteiger partial charge in [-0.15, -0.1) is 0 Å². The quantitative estimate of drug-likeness (QED) is 0.462. The van der Waals surface area contributed by atoms with Crippen molar-refractivity contribution in [2.24, 2.45) is 11.3 Å². The molecule has 1 heterocycles. The number of Topliss-reactive ketones (excluding diaryl/α,β-unsaturated/α-hetero) is 1. The van der Waals surface area contributed by atoms with Gasteiger partial charge in [0, 0.05) is 28.6 Å². The molecule has 4 nitrogen and oxygen atoms in total. The van der Waals surface area contributed by atoms with Crippen LogP contribution in [0.15, 0.2) is 53.7 Å². The van der Waals surface area contributed by atoms with E-state index in [1.165, 1.54) is 4.90 Å². The number of carbonyl (C=O) groups is 1. The number of carbonyl (C=O) groups excluding carboxylic acids is 1. The van der Waals surface area contributed by atoms with E-state index in [0.717, 1.165) is 18.2 Å². The average molecular weight is 506 g/mol. The number of benzene rings is 2. The Labute approximate surface area is 205 Å². The van der Waals surface area contributed by atoms with Gasteiger partial charge in [-0.05, 0) is 41.7 Å². The van der Waals surface area contributed by atoms with Gasteiger partial charge in [-0.25, -0.2) is 0 Å². The summed E-state index contributed by atoms with van der Waals surface area (Å²) in [6, 6.07) is 11.7. The van der Waals surface area contributed by atoms with E-state index in [-0.39, 0.29) is 28.7 Å². The number of amidine groups is 1. The number of nitrogens with one attached hydrogen (secondary N) is 1. The van der Waals surface area contributed by atoms with Gasteiger partial charge in [0.05, 0.1) is 22.3 Å². The molecule has 2 unspecified atom stereocenters. The van der Waals surface area contributed by atoms with Crippen molar-refractivity contribution in [2.75, 3.05) is 4.90 Å². The second-order valence-corrected chi connectivity index (χ2v) is 10.1. The molecular weight excluding hydrogens is 486 g/mol. The van der Waals surface area contributed by atoms with Crippen molar-refractivity contribution in [3.05, 3.63) is 74.9 Å². The molecule has 176 valence electrons. The zero-order chi connectivity index (χ0) is 25.0. The summed E-state index contributed by atoms with van der Waals surface area (Å²) in [4.78, 5) is 14.7. The molecule has 0 radical (unpaired) electrons. The van der Waals surface area contributed by atoms with E-state index in [0.29, 0.717) is 28.3 Å². The van der Waals surface area contributed by atoms with Crippen molar-refractivity contribution < 1.29 is 18.0 Å². The van der Waals surface area contributed by atoms with Gasteiger partial charge >= 0.3 is 6.18 Å². The first-order chi connectivity index (χ1) is 15.9. The van der Waals surface area contributed by atoms with E-state index in [2.05, 4.69) is 6.07 Å². The lowest BCUT2D eigenvalue weighted by molar-refractivity contribution is -0.137. The molecule has 0 saturated heterocycles. The van der Waals surface area contributed by atoms with Gasteiger partial charge in [0.25, 0.3) is 0 Å². The number of nitriles is 1. The minimum Gasteiger partial charge on any atom is -0.300 e. The number of rotatable bonds is 2. The maximum absolute atomic E-state index is 13.5. The third-order valence-electron chi connectivity index (χ3n) is 6.24. The highest BCUT2D eigenvalue weighted by Crippen LogP contribution is 2.52. The monoisotopic (exact) mass is 505 g/mol. The number of ketones is 1. The lowest BCUT2D eigenvalue weighted by Crippen LogP contribution is -2.48. The predicted octanol–water partition coefficient (Wildman–Crippen LogP) is 7.38. The highest BCUT2D eigenvalue weighted by atomic mass is 35.5. The van der Waals surface area contributed by atoms with Gasteiger partial charge in [-0.3, -0.25) is 15.1 Å². The first-order valence-electron chi connectivity index (χ1n) is 10.5. The first-order valence-corrected chi connectivity index (χ1v) is 11.3. The molecule has 1 aliphatic heterocycles. The smallest absolute Gasteiger partial charge is 0.300 e. The third kappa shape index (κ3) is 4.10. The summed E-state index contributed by atoms with van der Waals surface area (Å²) in [5.41, 5.74) is -0.335. The highest BCUT2D eigenvalue weighted by molar-refractivity contribution is 6.34. The molecule has 2 atom stereocenters. The van der Waals surface area contributed by atoms with E-state index in [1.54, 1.807) is 24.3 Å². The van der Waals surface area contributed by atoms with Crippen LogP contribution in [0.2, 0.25) is 10.0 Å². The Kier molecular flexibility index (Phi) is 6.03. The molecule has 0 amide bonds. The van der Waals surface area contributed by atoms with Crippen LogP contribution in [-0.2, 0) is 11.0 Å². The van der Waals surface area contributed by atoms with Crippen molar-refractivity contribution in [3.8, 4) is 6.07 Å². The number of hydrogen-bond acceptors (Lipinski definition) is 3. The molecule has 2 aromatic rings. The summed E-state index contributed by atoms with van der Waals surface area (Å²) >= 11 is 12.8. The van der Waals surface area contributed by atoms with Crippen LogP contribution in [0.5, 0.6) is 0 Å². The topological polar surface area (TPSA) is 68.0 Å². The molecule has 0 spiro atoms. The number of nitrogens with zero attached hydrogens (tertiary/aromatic N) is 2. The summed E-state index contributed by atoms with van der Waals surface area (Å²) in [6.07, 6.45) is -4.13. The fourth-order valence-electron chi connectivity index (χ4n) is 4.80. The zero-order valence-corrected chi connectivity index (χ0v) is 19.8. The molecular formula is C25H20Cl2F3N3O. The summed E-state index contributed by atoms with van der Waals surface area (Å²) in [6.45, 7) is 3.76. The Balaban J connectivity index is 2.04. The normalized spacial score (nSPS) is 22.5. The summed E-state index contributed by atoms with van der Waals surface area (Å²) < 4.78 is 40.5. The van der Waals surface area contributed by atoms with Crippen LogP contribution >= 0.6 is 23.2 Å². The number of anilines is 1. The van der Waals surface area contributed by atoms with Gasteiger partial charge in [0.2, 0.25) is 0 Å². The summed E-state index contributed by atoms with van der Waals surface area (Å²) in [5.74, 6) is -2.45. The molecule has 1 aliphatic carbocycles. The molecule has 9 heteroatoms. The first kappa shape index (κ1) is 24.3. The van der Waals surface area contributed by atoms with Crippen LogP contribution in [0.4, 0.5) is 18.9 Å². The van der Waals surface area contributed by atoms with Crippen molar-refractivity contribution >= 4 is 40.5 Å². The maximum Gasteiger partial charge on any atom is 0.416 e. The fraction of sp³-hybridized carbons (Fsp3) is 0.320. The Bertz CT molecular complexity index is 1280. The zero-order valence-electron chi connectivity index (χ0n) is 18.3. The van der Waals surface area contributed by atoms with Crippen LogP contribution in [0.25, 0.3) is 0 Å². The molecule has 0 aromatic heterocycles. The standard InChI is InChI=1S/C25H20Cl2F3N3O/c1-24(2)10-19-22(20(34)11-24)21(14-5-3-4-6-16(14)26)15(12-31)23(32)33(19)18-9-13(25(28,29)30)7-8-17(18)27/h3-9,15,21,32H,10-11H2,1-2H3. The Morgan fingerprint density at radius 1 is 1.12 bits per heavy atom. The second kappa shape index (κ2) is 8.44. The van der Waals surface area contributed by atoms with E-state index in [4.69, 9.17) is 28.6 Å². The number of allylic oxidation sites excluding steroid dienone is 2. The van der Waals surface area contributed by atoms with Crippen LogP contribution in [-0.4, -0.2) is 11.6 Å². The second-order valence-electron chi connectivity index (χ2n) is 9.29. The van der Waals surface area contributed by atoms with E-state index in [9.17, 15) is 23.2 Å². The molecule has 1 N–H and O–H groups in total. The van der Waals surface area contributed by atoms with Crippen LogP contribution < -0.4 is 4.90 Å². The van der Waals surface area contributed by atoms with Crippen molar-refractivity contribution in [3.63, 3.8) is 0 Å². The minimum atomic E-state index is -4.63. The van der Waals surface area contributed by atoms with Gasteiger partial charge in [0.15, 0.2) is 5.78 Å². The number of hydrogen-bond donors (Lipinski definition) is 1. The predicted molar refractivity (Wildman–Crippen MR) is 125 cm³/mol. The molecule has 0 bridgehead atoms.